The van der Waals surface area contributed by atoms with Crippen molar-refractivity contribution in [2.75, 3.05) is 6.61 Å². The van der Waals surface area contributed by atoms with Gasteiger partial charge in [-0.2, -0.15) is 5.26 Å². The van der Waals surface area contributed by atoms with Crippen molar-refractivity contribution >= 4 is 5.78 Å². The van der Waals surface area contributed by atoms with Gasteiger partial charge >= 0.3 is 0 Å². The van der Waals surface area contributed by atoms with E-state index in [9.17, 15) is 4.79 Å². The van der Waals surface area contributed by atoms with E-state index in [1.165, 1.54) is 0 Å². The smallest absolute Gasteiger partial charge is 0.188 e. The molecule has 1 N–H and O–H groups in total. The zero-order valence-corrected chi connectivity index (χ0v) is 8.66. The molecular weight excluding hydrogens is 190 g/mol. The molecule has 0 aromatic heterocycles. The van der Waals surface area contributed by atoms with E-state index in [2.05, 4.69) is 6.07 Å². The quantitative estimate of drug-likeness (QED) is 0.757. The number of carbonyl (C=O) groups is 1. The first-order valence-electron chi connectivity index (χ1n) is 4.90. The highest BCUT2D eigenvalue weighted by molar-refractivity contribution is 5.98. The van der Waals surface area contributed by atoms with Crippen molar-refractivity contribution in [3.63, 3.8) is 0 Å². The van der Waals surface area contributed by atoms with Crippen LogP contribution < -0.4 is 0 Å². The average Bonchev–Trinajstić information content (AvgIpc) is 2.28. The van der Waals surface area contributed by atoms with Crippen molar-refractivity contribution in [3.8, 4) is 6.07 Å². The summed E-state index contributed by atoms with van der Waals surface area (Å²) in [5.41, 5.74) is 1.75. The molecule has 15 heavy (non-hydrogen) atoms. The molecule has 0 amide bonds. The van der Waals surface area contributed by atoms with E-state index in [0.29, 0.717) is 17.5 Å². The molecule has 0 atom stereocenters. The van der Waals surface area contributed by atoms with Gasteiger partial charge < -0.3 is 5.11 Å². The summed E-state index contributed by atoms with van der Waals surface area (Å²) in [5.74, 6) is -0.324. The Morgan fingerprint density at radius 1 is 1.53 bits per heavy atom. The van der Waals surface area contributed by atoms with Gasteiger partial charge in [0.25, 0.3) is 0 Å². The summed E-state index contributed by atoms with van der Waals surface area (Å²) in [7, 11) is 0. The summed E-state index contributed by atoms with van der Waals surface area (Å²) >= 11 is 0. The lowest BCUT2D eigenvalue weighted by Gasteiger charge is -2.08. The van der Waals surface area contributed by atoms with Crippen molar-refractivity contribution in [3.05, 3.63) is 34.9 Å². The van der Waals surface area contributed by atoms with Crippen molar-refractivity contribution in [1.29, 1.82) is 5.26 Å². The Labute approximate surface area is 89.0 Å². The standard InChI is InChI=1S/C12H13NO2/c1-2-4-10-9(7-13)5-3-6-11(10)12(15)8-14/h3,5-6,14H,2,4,8H2,1H3. The third kappa shape index (κ3) is 2.42. The first-order valence-corrected chi connectivity index (χ1v) is 4.90. The highest BCUT2D eigenvalue weighted by Gasteiger charge is 2.12. The van der Waals surface area contributed by atoms with Gasteiger partial charge in [0, 0.05) is 5.56 Å². The topological polar surface area (TPSA) is 61.1 Å². The van der Waals surface area contributed by atoms with Crippen LogP contribution >= 0.6 is 0 Å². The minimum Gasteiger partial charge on any atom is -0.388 e. The van der Waals surface area contributed by atoms with Crippen molar-refractivity contribution < 1.29 is 9.90 Å². The fourth-order valence-corrected chi connectivity index (χ4v) is 1.56. The van der Waals surface area contributed by atoms with Crippen LogP contribution in [0.2, 0.25) is 0 Å². The third-order valence-electron chi connectivity index (χ3n) is 2.24. The molecular formula is C12H13NO2. The number of rotatable bonds is 4. The molecule has 1 aromatic rings. The van der Waals surface area contributed by atoms with Gasteiger partial charge in [-0.15, -0.1) is 0 Å². The molecule has 1 rings (SSSR count). The predicted molar refractivity (Wildman–Crippen MR) is 56.6 cm³/mol. The first-order chi connectivity index (χ1) is 7.24. The average molecular weight is 203 g/mol. The molecule has 0 saturated heterocycles. The lowest BCUT2D eigenvalue weighted by molar-refractivity contribution is 0.0902. The predicted octanol–water partition coefficient (Wildman–Crippen LogP) is 1.69. The summed E-state index contributed by atoms with van der Waals surface area (Å²) in [6.07, 6.45) is 1.55. The van der Waals surface area contributed by atoms with Gasteiger partial charge in [-0.05, 0) is 18.1 Å². The maximum absolute atomic E-state index is 11.4. The Kier molecular flexibility index (Phi) is 4.02. The van der Waals surface area contributed by atoms with E-state index in [0.717, 1.165) is 12.0 Å². The van der Waals surface area contributed by atoms with Crippen molar-refractivity contribution in [2.45, 2.75) is 19.8 Å². The fourth-order valence-electron chi connectivity index (χ4n) is 1.56. The molecule has 0 aliphatic heterocycles. The molecule has 78 valence electrons. The number of ketones is 1. The molecule has 0 spiro atoms. The SMILES string of the molecule is CCCc1c(C#N)cccc1C(=O)CO. The second-order valence-corrected chi connectivity index (χ2v) is 3.27. The number of hydrogen-bond acceptors (Lipinski definition) is 3. The molecule has 3 nitrogen and oxygen atoms in total. The Morgan fingerprint density at radius 3 is 2.80 bits per heavy atom. The summed E-state index contributed by atoms with van der Waals surface area (Å²) < 4.78 is 0. The number of nitriles is 1. The van der Waals surface area contributed by atoms with Gasteiger partial charge in [-0.25, -0.2) is 0 Å². The number of aliphatic hydroxyl groups excluding tert-OH is 1. The molecule has 0 unspecified atom stereocenters. The number of Topliss-reactive ketones (excluding diaryl/α,β-unsaturated/α-hetero) is 1. The Balaban J connectivity index is 3.26. The maximum atomic E-state index is 11.4. The molecule has 0 aliphatic carbocycles. The molecule has 0 aliphatic rings. The van der Waals surface area contributed by atoms with Crippen LogP contribution in [0.15, 0.2) is 18.2 Å². The van der Waals surface area contributed by atoms with Crippen LogP contribution in [0.4, 0.5) is 0 Å². The molecule has 0 heterocycles. The second kappa shape index (κ2) is 5.28. The van der Waals surface area contributed by atoms with E-state index >= 15 is 0 Å². The monoisotopic (exact) mass is 203 g/mol. The lowest BCUT2D eigenvalue weighted by Crippen LogP contribution is -2.09. The van der Waals surface area contributed by atoms with Gasteiger partial charge in [0.05, 0.1) is 11.6 Å². The summed E-state index contributed by atoms with van der Waals surface area (Å²) in [6, 6.07) is 7.08. The molecule has 0 saturated carbocycles. The molecule has 1 aromatic carbocycles. The van der Waals surface area contributed by atoms with Crippen LogP contribution in [-0.4, -0.2) is 17.5 Å². The van der Waals surface area contributed by atoms with E-state index in [4.69, 9.17) is 10.4 Å². The zero-order valence-electron chi connectivity index (χ0n) is 8.66. The molecule has 3 heteroatoms. The Morgan fingerprint density at radius 2 is 2.27 bits per heavy atom. The van der Waals surface area contributed by atoms with Crippen LogP contribution in [0.25, 0.3) is 0 Å². The largest absolute Gasteiger partial charge is 0.388 e. The van der Waals surface area contributed by atoms with E-state index in [1.54, 1.807) is 18.2 Å². The third-order valence-corrected chi connectivity index (χ3v) is 2.24. The van der Waals surface area contributed by atoms with Crippen molar-refractivity contribution in [1.82, 2.24) is 0 Å². The highest BCUT2D eigenvalue weighted by Crippen LogP contribution is 2.16. The van der Waals surface area contributed by atoms with Crippen LogP contribution in [0.3, 0.4) is 0 Å². The van der Waals surface area contributed by atoms with Crippen LogP contribution in [-0.2, 0) is 6.42 Å². The van der Waals surface area contributed by atoms with E-state index in [1.807, 2.05) is 6.92 Å². The van der Waals surface area contributed by atoms with E-state index < -0.39 is 6.61 Å². The number of aliphatic hydroxyl groups is 1. The lowest BCUT2D eigenvalue weighted by atomic mass is 9.95. The van der Waals surface area contributed by atoms with Crippen LogP contribution in [0.1, 0.15) is 34.8 Å². The molecule has 0 radical (unpaired) electrons. The van der Waals surface area contributed by atoms with Gasteiger partial charge in [-0.1, -0.05) is 25.5 Å². The van der Waals surface area contributed by atoms with Gasteiger partial charge in [-0.3, -0.25) is 4.79 Å². The number of hydrogen-bond donors (Lipinski definition) is 1. The summed E-state index contributed by atoms with van der Waals surface area (Å²) in [4.78, 5) is 11.4. The first kappa shape index (κ1) is 11.4. The second-order valence-electron chi connectivity index (χ2n) is 3.27. The summed E-state index contributed by atoms with van der Waals surface area (Å²) in [5, 5.41) is 17.7. The number of nitrogens with zero attached hydrogens (tertiary/aromatic N) is 1. The summed E-state index contributed by atoms with van der Waals surface area (Å²) in [6.45, 7) is 1.48. The molecule has 0 bridgehead atoms. The van der Waals surface area contributed by atoms with Gasteiger partial charge in [0.15, 0.2) is 5.78 Å². The highest BCUT2D eigenvalue weighted by atomic mass is 16.3. The van der Waals surface area contributed by atoms with Gasteiger partial charge in [0.2, 0.25) is 0 Å². The van der Waals surface area contributed by atoms with Crippen molar-refractivity contribution in [2.24, 2.45) is 0 Å². The Hall–Kier alpha value is -1.66. The Bertz CT molecular complexity index is 405. The number of benzene rings is 1. The van der Waals surface area contributed by atoms with Gasteiger partial charge in [0.1, 0.15) is 6.61 Å². The fraction of sp³-hybridized carbons (Fsp3) is 0.333. The van der Waals surface area contributed by atoms with Crippen LogP contribution in [0.5, 0.6) is 0 Å². The normalized spacial score (nSPS) is 9.67. The van der Waals surface area contributed by atoms with Crippen LogP contribution in [0, 0.1) is 11.3 Å². The minimum atomic E-state index is -0.508. The minimum absolute atomic E-state index is 0.324. The van der Waals surface area contributed by atoms with E-state index in [-0.39, 0.29) is 5.78 Å². The maximum Gasteiger partial charge on any atom is 0.188 e. The molecule has 0 fully saturated rings. The zero-order chi connectivity index (χ0) is 11.3. The number of carbonyl (C=O) groups excluding carboxylic acids is 1.